The van der Waals surface area contributed by atoms with Gasteiger partial charge in [0, 0.05) is 4.47 Å². The third-order valence-corrected chi connectivity index (χ3v) is 3.49. The Balaban J connectivity index is 2.85. The van der Waals surface area contributed by atoms with Gasteiger partial charge in [-0.25, -0.2) is 4.79 Å². The van der Waals surface area contributed by atoms with Gasteiger partial charge >= 0.3 is 5.97 Å². The predicted octanol–water partition coefficient (Wildman–Crippen LogP) is 2.66. The van der Waals surface area contributed by atoms with Crippen molar-refractivity contribution in [3.8, 4) is 6.07 Å². The molecule has 1 aromatic carbocycles. The molecule has 0 unspecified atom stereocenters. The van der Waals surface area contributed by atoms with Crippen molar-refractivity contribution < 1.29 is 14.3 Å². The van der Waals surface area contributed by atoms with Crippen LogP contribution in [0.3, 0.4) is 0 Å². The SMILES string of the molecule is CC(C)[C@H](NC(=O)c1ccccc1Br)C(=O)O[C@H](C)C#N. The molecule has 0 heterocycles. The highest BCUT2D eigenvalue weighted by Gasteiger charge is 2.27. The summed E-state index contributed by atoms with van der Waals surface area (Å²) in [6.45, 7) is 5.07. The fourth-order valence-electron chi connectivity index (χ4n) is 1.64. The zero-order valence-corrected chi connectivity index (χ0v) is 13.7. The summed E-state index contributed by atoms with van der Waals surface area (Å²) in [5, 5.41) is 11.3. The molecule has 2 atom stereocenters. The summed E-state index contributed by atoms with van der Waals surface area (Å²) in [7, 11) is 0. The molecule has 0 aliphatic heterocycles. The smallest absolute Gasteiger partial charge is 0.330 e. The van der Waals surface area contributed by atoms with Gasteiger partial charge in [0.2, 0.25) is 0 Å². The van der Waals surface area contributed by atoms with E-state index in [1.54, 1.807) is 38.1 Å². The Morgan fingerprint density at radius 1 is 1.29 bits per heavy atom. The molecule has 0 bridgehead atoms. The molecule has 6 heteroatoms. The summed E-state index contributed by atoms with van der Waals surface area (Å²) in [5.41, 5.74) is 0.435. The Kier molecular flexibility index (Phi) is 6.38. The number of halogens is 1. The van der Waals surface area contributed by atoms with Crippen molar-refractivity contribution in [3.05, 3.63) is 34.3 Å². The highest BCUT2D eigenvalue weighted by Crippen LogP contribution is 2.16. The van der Waals surface area contributed by atoms with Crippen LogP contribution in [0.1, 0.15) is 31.1 Å². The lowest BCUT2D eigenvalue weighted by Gasteiger charge is -2.21. The second-order valence-corrected chi connectivity index (χ2v) is 5.74. The van der Waals surface area contributed by atoms with Gasteiger partial charge in [-0.05, 0) is 40.9 Å². The second-order valence-electron chi connectivity index (χ2n) is 4.88. The van der Waals surface area contributed by atoms with Gasteiger partial charge in [-0.15, -0.1) is 0 Å². The summed E-state index contributed by atoms with van der Waals surface area (Å²) >= 11 is 3.29. The average Bonchev–Trinajstić information content (AvgIpc) is 2.44. The van der Waals surface area contributed by atoms with Crippen molar-refractivity contribution >= 4 is 27.8 Å². The lowest BCUT2D eigenvalue weighted by Crippen LogP contribution is -2.46. The maximum absolute atomic E-state index is 12.2. The van der Waals surface area contributed by atoms with E-state index in [-0.39, 0.29) is 11.8 Å². The number of carbonyl (C=O) groups is 2. The minimum atomic E-state index is -0.848. The van der Waals surface area contributed by atoms with Gasteiger partial charge in [0.05, 0.1) is 5.56 Å². The number of nitrogens with one attached hydrogen (secondary N) is 1. The largest absolute Gasteiger partial charge is 0.446 e. The van der Waals surface area contributed by atoms with E-state index in [4.69, 9.17) is 10.00 Å². The monoisotopic (exact) mass is 352 g/mol. The van der Waals surface area contributed by atoms with Crippen molar-refractivity contribution in [1.82, 2.24) is 5.32 Å². The normalized spacial score (nSPS) is 13.1. The maximum atomic E-state index is 12.2. The standard InChI is InChI=1S/C15H17BrN2O3/c1-9(2)13(15(20)21-10(3)8-17)18-14(19)11-6-4-5-7-12(11)16/h4-7,9-10,13H,1-3H3,(H,18,19)/t10-,13+/m1/s1. The van der Waals surface area contributed by atoms with Gasteiger partial charge in [0.1, 0.15) is 12.1 Å². The predicted molar refractivity (Wildman–Crippen MR) is 81.4 cm³/mol. The van der Waals surface area contributed by atoms with Crippen LogP contribution in [0.15, 0.2) is 28.7 Å². The molecule has 1 amide bonds. The maximum Gasteiger partial charge on any atom is 0.330 e. The van der Waals surface area contributed by atoms with Crippen LogP contribution in [0.5, 0.6) is 0 Å². The van der Waals surface area contributed by atoms with Crippen LogP contribution >= 0.6 is 15.9 Å². The number of esters is 1. The summed E-state index contributed by atoms with van der Waals surface area (Å²) in [4.78, 5) is 24.2. The van der Waals surface area contributed by atoms with E-state index >= 15 is 0 Å². The number of hydrogen-bond donors (Lipinski definition) is 1. The van der Waals surface area contributed by atoms with Crippen LogP contribution in [0.25, 0.3) is 0 Å². The first-order valence-electron chi connectivity index (χ1n) is 6.52. The number of carbonyl (C=O) groups excluding carboxylic acids is 2. The second kappa shape index (κ2) is 7.79. The third kappa shape index (κ3) is 4.87. The van der Waals surface area contributed by atoms with Crippen LogP contribution in [0.4, 0.5) is 0 Å². The van der Waals surface area contributed by atoms with E-state index in [0.29, 0.717) is 10.0 Å². The van der Waals surface area contributed by atoms with Crippen LogP contribution in [0.2, 0.25) is 0 Å². The number of ether oxygens (including phenoxy) is 1. The first-order chi connectivity index (χ1) is 9.86. The van der Waals surface area contributed by atoms with Gasteiger partial charge in [-0.1, -0.05) is 26.0 Å². The number of rotatable bonds is 5. The summed E-state index contributed by atoms with van der Waals surface area (Å²) in [6, 6.07) is 7.95. The fraction of sp³-hybridized carbons (Fsp3) is 0.400. The van der Waals surface area contributed by atoms with Gasteiger partial charge in [-0.3, -0.25) is 4.79 Å². The van der Waals surface area contributed by atoms with Crippen LogP contribution in [-0.2, 0) is 9.53 Å². The lowest BCUT2D eigenvalue weighted by atomic mass is 10.0. The summed E-state index contributed by atoms with van der Waals surface area (Å²) in [6.07, 6.45) is -0.848. The van der Waals surface area contributed by atoms with E-state index in [2.05, 4.69) is 21.2 Å². The van der Waals surface area contributed by atoms with E-state index < -0.39 is 18.1 Å². The number of nitriles is 1. The first-order valence-corrected chi connectivity index (χ1v) is 7.31. The minimum Gasteiger partial charge on any atom is -0.446 e. The molecule has 0 spiro atoms. The third-order valence-electron chi connectivity index (χ3n) is 2.80. The van der Waals surface area contributed by atoms with Crippen molar-refractivity contribution in [2.75, 3.05) is 0 Å². The number of benzene rings is 1. The molecule has 5 nitrogen and oxygen atoms in total. The Morgan fingerprint density at radius 2 is 1.90 bits per heavy atom. The minimum absolute atomic E-state index is 0.158. The lowest BCUT2D eigenvalue weighted by molar-refractivity contribution is -0.149. The highest BCUT2D eigenvalue weighted by molar-refractivity contribution is 9.10. The number of hydrogen-bond acceptors (Lipinski definition) is 4. The van der Waals surface area contributed by atoms with Crippen molar-refractivity contribution in [2.45, 2.75) is 32.9 Å². The zero-order chi connectivity index (χ0) is 16.0. The molecule has 0 aliphatic rings. The van der Waals surface area contributed by atoms with Crippen LogP contribution < -0.4 is 5.32 Å². The fourth-order valence-corrected chi connectivity index (χ4v) is 2.10. The zero-order valence-electron chi connectivity index (χ0n) is 12.1. The van der Waals surface area contributed by atoms with Crippen LogP contribution in [-0.4, -0.2) is 24.0 Å². The van der Waals surface area contributed by atoms with Gasteiger partial charge in [0.25, 0.3) is 5.91 Å². The Hall–Kier alpha value is -1.87. The van der Waals surface area contributed by atoms with E-state index in [0.717, 1.165) is 0 Å². The molecule has 1 aromatic rings. The molecule has 21 heavy (non-hydrogen) atoms. The molecule has 0 aromatic heterocycles. The van der Waals surface area contributed by atoms with Gasteiger partial charge < -0.3 is 10.1 Å². The molecular weight excluding hydrogens is 336 g/mol. The Morgan fingerprint density at radius 3 is 2.43 bits per heavy atom. The topological polar surface area (TPSA) is 79.2 Å². The van der Waals surface area contributed by atoms with Crippen molar-refractivity contribution in [3.63, 3.8) is 0 Å². The number of amides is 1. The molecule has 112 valence electrons. The quantitative estimate of drug-likeness (QED) is 0.826. The molecule has 0 radical (unpaired) electrons. The molecule has 1 N–H and O–H groups in total. The van der Waals surface area contributed by atoms with E-state index in [9.17, 15) is 9.59 Å². The summed E-state index contributed by atoms with van der Waals surface area (Å²) in [5.74, 6) is -1.14. The molecule has 0 saturated heterocycles. The average molecular weight is 353 g/mol. The van der Waals surface area contributed by atoms with E-state index in [1.165, 1.54) is 6.92 Å². The Bertz CT molecular complexity index is 566. The van der Waals surface area contributed by atoms with Crippen molar-refractivity contribution in [1.29, 1.82) is 5.26 Å². The molecule has 0 saturated carbocycles. The number of nitrogens with zero attached hydrogens (tertiary/aromatic N) is 1. The summed E-state index contributed by atoms with van der Waals surface area (Å²) < 4.78 is 5.61. The molecular formula is C15H17BrN2O3. The van der Waals surface area contributed by atoms with E-state index in [1.807, 2.05) is 6.07 Å². The van der Waals surface area contributed by atoms with Gasteiger partial charge in [0.15, 0.2) is 6.10 Å². The molecule has 0 aliphatic carbocycles. The molecule has 1 rings (SSSR count). The highest BCUT2D eigenvalue weighted by atomic mass is 79.9. The Labute approximate surface area is 132 Å². The first kappa shape index (κ1) is 17.2. The van der Waals surface area contributed by atoms with Gasteiger partial charge in [-0.2, -0.15) is 5.26 Å². The van der Waals surface area contributed by atoms with Crippen LogP contribution in [0, 0.1) is 17.2 Å². The molecule has 0 fully saturated rings. The van der Waals surface area contributed by atoms with Crippen molar-refractivity contribution in [2.24, 2.45) is 5.92 Å².